The van der Waals surface area contributed by atoms with Gasteiger partial charge in [0.05, 0.1) is 0 Å². The minimum absolute atomic E-state index is 0.337. The van der Waals surface area contributed by atoms with E-state index in [1.54, 1.807) is 0 Å². The third kappa shape index (κ3) is 5.75. The van der Waals surface area contributed by atoms with Gasteiger partial charge in [0.15, 0.2) is 0 Å². The van der Waals surface area contributed by atoms with Gasteiger partial charge in [-0.1, -0.05) is 0 Å². The lowest BCUT2D eigenvalue weighted by Gasteiger charge is -2.32. The fraction of sp³-hybridized carbons (Fsp3) is 0.917. The fourth-order valence-electron chi connectivity index (χ4n) is 2.35. The fourth-order valence-corrected chi connectivity index (χ4v) is 2.77. The number of thioether (sulfide) groups is 1. The Labute approximate surface area is 103 Å². The average Bonchev–Trinajstić information content (AvgIpc) is 2.27. The van der Waals surface area contributed by atoms with E-state index in [4.69, 9.17) is 5.11 Å². The first-order valence-electron chi connectivity index (χ1n) is 6.15. The van der Waals surface area contributed by atoms with Crippen molar-refractivity contribution in [1.82, 2.24) is 4.90 Å². The number of piperidine rings is 1. The molecule has 0 aromatic heterocycles. The highest BCUT2D eigenvalue weighted by Gasteiger charge is 2.19. The number of aliphatic carboxylic acids is 1. The van der Waals surface area contributed by atoms with Gasteiger partial charge in [-0.05, 0) is 56.7 Å². The summed E-state index contributed by atoms with van der Waals surface area (Å²) in [5.41, 5.74) is 0. The van der Waals surface area contributed by atoms with Gasteiger partial charge in [0.2, 0.25) is 0 Å². The zero-order valence-corrected chi connectivity index (χ0v) is 11.0. The summed E-state index contributed by atoms with van der Waals surface area (Å²) < 4.78 is 0. The van der Waals surface area contributed by atoms with E-state index in [0.717, 1.165) is 13.0 Å². The van der Waals surface area contributed by atoms with Crippen LogP contribution in [0.1, 0.15) is 32.1 Å². The van der Waals surface area contributed by atoms with Gasteiger partial charge >= 0.3 is 5.97 Å². The molecule has 0 aromatic carbocycles. The Balaban J connectivity index is 2.16. The monoisotopic (exact) mass is 245 g/mol. The van der Waals surface area contributed by atoms with Gasteiger partial charge in [0.25, 0.3) is 0 Å². The lowest BCUT2D eigenvalue weighted by molar-refractivity contribution is -0.137. The van der Waals surface area contributed by atoms with Crippen LogP contribution in [0.3, 0.4) is 0 Å². The van der Waals surface area contributed by atoms with Crippen LogP contribution < -0.4 is 0 Å². The molecule has 0 radical (unpaired) electrons. The van der Waals surface area contributed by atoms with Gasteiger partial charge in [0.1, 0.15) is 0 Å². The maximum atomic E-state index is 10.5. The van der Waals surface area contributed by atoms with Crippen molar-refractivity contribution in [3.05, 3.63) is 0 Å². The van der Waals surface area contributed by atoms with Crippen LogP contribution in [0.2, 0.25) is 0 Å². The number of carboxylic acid groups (broad SMARTS) is 1. The normalized spacial score (nSPS) is 22.2. The molecule has 1 fully saturated rings. The molecule has 0 aromatic rings. The summed E-state index contributed by atoms with van der Waals surface area (Å²) in [6.07, 6.45) is 7.05. The number of carboxylic acids is 1. The van der Waals surface area contributed by atoms with Crippen molar-refractivity contribution in [1.29, 1.82) is 0 Å². The van der Waals surface area contributed by atoms with Gasteiger partial charge in [-0.25, -0.2) is 0 Å². The second-order valence-corrected chi connectivity index (χ2v) is 5.57. The van der Waals surface area contributed by atoms with Gasteiger partial charge in [-0.3, -0.25) is 4.79 Å². The van der Waals surface area contributed by atoms with Crippen molar-refractivity contribution in [2.24, 2.45) is 5.92 Å². The van der Waals surface area contributed by atoms with Crippen LogP contribution in [0, 0.1) is 5.92 Å². The number of hydrogen-bond donors (Lipinski definition) is 1. The summed E-state index contributed by atoms with van der Waals surface area (Å²) in [5.74, 6) is 1.19. The van der Waals surface area contributed by atoms with E-state index >= 15 is 0 Å². The molecule has 0 spiro atoms. The van der Waals surface area contributed by atoms with Gasteiger partial charge in [0, 0.05) is 13.0 Å². The summed E-state index contributed by atoms with van der Waals surface area (Å²) in [6, 6.07) is 0. The Hall–Kier alpha value is -0.220. The third-order valence-corrected chi connectivity index (χ3v) is 3.89. The SMILES string of the molecule is CSCCCN1CCCC(CCC(=O)O)C1. The lowest BCUT2D eigenvalue weighted by Crippen LogP contribution is -2.36. The van der Waals surface area contributed by atoms with E-state index in [9.17, 15) is 4.79 Å². The quantitative estimate of drug-likeness (QED) is 0.699. The first kappa shape index (κ1) is 13.8. The van der Waals surface area contributed by atoms with Crippen molar-refractivity contribution in [2.45, 2.75) is 32.1 Å². The van der Waals surface area contributed by atoms with Crippen LogP contribution in [0.5, 0.6) is 0 Å². The molecule has 1 aliphatic heterocycles. The average molecular weight is 245 g/mol. The molecule has 94 valence electrons. The van der Waals surface area contributed by atoms with Gasteiger partial charge < -0.3 is 10.0 Å². The van der Waals surface area contributed by atoms with Gasteiger partial charge in [-0.15, -0.1) is 0 Å². The van der Waals surface area contributed by atoms with Crippen LogP contribution in [0.25, 0.3) is 0 Å². The highest BCUT2D eigenvalue weighted by molar-refractivity contribution is 7.98. The highest BCUT2D eigenvalue weighted by Crippen LogP contribution is 2.21. The van der Waals surface area contributed by atoms with E-state index in [2.05, 4.69) is 11.2 Å². The van der Waals surface area contributed by atoms with Crippen LogP contribution in [-0.2, 0) is 4.79 Å². The Morgan fingerprint density at radius 2 is 2.38 bits per heavy atom. The molecule has 1 saturated heterocycles. The van der Waals surface area contributed by atoms with Crippen molar-refractivity contribution in [3.63, 3.8) is 0 Å². The van der Waals surface area contributed by atoms with Crippen LogP contribution in [0.15, 0.2) is 0 Å². The third-order valence-electron chi connectivity index (χ3n) is 3.19. The number of rotatable bonds is 7. The molecule has 4 heteroatoms. The van der Waals surface area contributed by atoms with Crippen LogP contribution in [0.4, 0.5) is 0 Å². The maximum absolute atomic E-state index is 10.5. The zero-order valence-electron chi connectivity index (χ0n) is 10.2. The molecule has 1 atom stereocenters. The molecule has 1 heterocycles. The molecule has 16 heavy (non-hydrogen) atoms. The lowest BCUT2D eigenvalue weighted by atomic mass is 9.93. The Kier molecular flexibility index (Phi) is 6.88. The molecule has 0 saturated carbocycles. The summed E-state index contributed by atoms with van der Waals surface area (Å²) >= 11 is 1.90. The smallest absolute Gasteiger partial charge is 0.303 e. The Morgan fingerprint density at radius 1 is 1.56 bits per heavy atom. The molecule has 1 rings (SSSR count). The van der Waals surface area contributed by atoms with Crippen molar-refractivity contribution in [3.8, 4) is 0 Å². The molecule has 3 nitrogen and oxygen atoms in total. The largest absolute Gasteiger partial charge is 0.481 e. The molecule has 0 bridgehead atoms. The van der Waals surface area contributed by atoms with Gasteiger partial charge in [-0.2, -0.15) is 11.8 Å². The topological polar surface area (TPSA) is 40.5 Å². The first-order chi connectivity index (χ1) is 7.72. The Morgan fingerprint density at radius 3 is 3.06 bits per heavy atom. The predicted octanol–water partition coefficient (Wildman–Crippen LogP) is 2.32. The second kappa shape index (κ2) is 7.96. The number of carbonyl (C=O) groups is 1. The molecular weight excluding hydrogens is 222 g/mol. The maximum Gasteiger partial charge on any atom is 0.303 e. The second-order valence-electron chi connectivity index (χ2n) is 4.59. The molecule has 1 aliphatic rings. The molecule has 1 N–H and O–H groups in total. The number of hydrogen-bond acceptors (Lipinski definition) is 3. The summed E-state index contributed by atoms with van der Waals surface area (Å²) in [5, 5.41) is 8.67. The minimum Gasteiger partial charge on any atom is -0.481 e. The standard InChI is InChI=1S/C12H23NO2S/c1-16-9-3-8-13-7-2-4-11(10-13)5-6-12(14)15/h11H,2-10H2,1H3,(H,14,15). The van der Waals surface area contributed by atoms with E-state index < -0.39 is 5.97 Å². The van der Waals surface area contributed by atoms with E-state index in [0.29, 0.717) is 12.3 Å². The minimum atomic E-state index is -0.653. The summed E-state index contributed by atoms with van der Waals surface area (Å²) in [6.45, 7) is 3.50. The van der Waals surface area contributed by atoms with Crippen LogP contribution in [-0.4, -0.2) is 47.6 Å². The predicted molar refractivity (Wildman–Crippen MR) is 69.0 cm³/mol. The van der Waals surface area contributed by atoms with Crippen molar-refractivity contribution in [2.75, 3.05) is 31.6 Å². The first-order valence-corrected chi connectivity index (χ1v) is 7.55. The number of likely N-dealkylation sites (tertiary alicyclic amines) is 1. The summed E-state index contributed by atoms with van der Waals surface area (Å²) in [4.78, 5) is 13.0. The molecule has 0 amide bonds. The molecule has 0 aliphatic carbocycles. The van der Waals surface area contributed by atoms with Crippen molar-refractivity contribution >= 4 is 17.7 Å². The van der Waals surface area contributed by atoms with E-state index in [1.165, 1.54) is 38.1 Å². The van der Waals surface area contributed by atoms with E-state index in [1.807, 2.05) is 11.8 Å². The molecule has 1 unspecified atom stereocenters. The molecular formula is C12H23NO2S. The van der Waals surface area contributed by atoms with Crippen molar-refractivity contribution < 1.29 is 9.90 Å². The number of nitrogens with zero attached hydrogens (tertiary/aromatic N) is 1. The zero-order chi connectivity index (χ0) is 11.8. The van der Waals surface area contributed by atoms with E-state index in [-0.39, 0.29) is 0 Å². The highest BCUT2D eigenvalue weighted by atomic mass is 32.2. The Bertz CT molecular complexity index is 211. The summed E-state index contributed by atoms with van der Waals surface area (Å²) in [7, 11) is 0. The van der Waals surface area contributed by atoms with Crippen LogP contribution >= 0.6 is 11.8 Å².